The molecule has 2 rings (SSSR count). The zero-order chi connectivity index (χ0) is 8.39. The molecule has 1 atom stereocenters. The highest BCUT2D eigenvalue weighted by molar-refractivity contribution is 5.81. The van der Waals surface area contributed by atoms with Gasteiger partial charge in [-0.1, -0.05) is 0 Å². The Morgan fingerprint density at radius 3 is 3.08 bits per heavy atom. The van der Waals surface area contributed by atoms with E-state index in [1.807, 2.05) is 0 Å². The summed E-state index contributed by atoms with van der Waals surface area (Å²) in [5, 5.41) is 6.71. The Kier molecular flexibility index (Phi) is 2.17. The molecule has 12 heavy (non-hydrogen) atoms. The molecule has 0 aromatic heterocycles. The van der Waals surface area contributed by atoms with Gasteiger partial charge in [0.05, 0.1) is 6.54 Å². The van der Waals surface area contributed by atoms with Crippen LogP contribution >= 0.6 is 0 Å². The predicted octanol–water partition coefficient (Wildman–Crippen LogP) is -0.761. The molecular weight excluding hydrogens is 152 g/mol. The normalized spacial score (nSPS) is 29.9. The van der Waals surface area contributed by atoms with Crippen molar-refractivity contribution in [2.75, 3.05) is 32.7 Å². The molecule has 2 N–H and O–H groups in total. The topological polar surface area (TPSA) is 39.7 Å². The van der Waals surface area contributed by atoms with Crippen molar-refractivity contribution in [2.45, 2.75) is 13.0 Å². The maximum atomic E-state index is 4.40. The van der Waals surface area contributed by atoms with Crippen molar-refractivity contribution in [1.29, 1.82) is 0 Å². The van der Waals surface area contributed by atoms with Crippen LogP contribution in [0.4, 0.5) is 0 Å². The Hall–Kier alpha value is -0.770. The first-order valence-corrected chi connectivity index (χ1v) is 4.63. The minimum absolute atomic E-state index is 0.587. The van der Waals surface area contributed by atoms with E-state index in [0.29, 0.717) is 6.04 Å². The number of aliphatic imine (C=N–C) groups is 1. The summed E-state index contributed by atoms with van der Waals surface area (Å²) in [6.07, 6.45) is 0. The Morgan fingerprint density at radius 1 is 1.50 bits per heavy atom. The highest BCUT2D eigenvalue weighted by atomic mass is 15.3. The van der Waals surface area contributed by atoms with Crippen LogP contribution in [0.5, 0.6) is 0 Å². The molecule has 0 aliphatic carbocycles. The van der Waals surface area contributed by atoms with Crippen LogP contribution in [0.2, 0.25) is 0 Å². The third-order valence-electron chi connectivity index (χ3n) is 2.32. The van der Waals surface area contributed by atoms with Gasteiger partial charge in [0.1, 0.15) is 0 Å². The van der Waals surface area contributed by atoms with Crippen molar-refractivity contribution >= 4 is 5.96 Å². The van der Waals surface area contributed by atoms with E-state index in [2.05, 4.69) is 27.4 Å². The number of nitrogens with one attached hydrogen (secondary N) is 2. The van der Waals surface area contributed by atoms with E-state index < -0.39 is 0 Å². The van der Waals surface area contributed by atoms with Crippen molar-refractivity contribution in [3.63, 3.8) is 0 Å². The molecule has 2 heterocycles. The third kappa shape index (κ3) is 1.53. The van der Waals surface area contributed by atoms with Gasteiger partial charge in [-0.25, -0.2) is 0 Å². The van der Waals surface area contributed by atoms with E-state index >= 15 is 0 Å². The average Bonchev–Trinajstić information content (AvgIpc) is 2.56. The van der Waals surface area contributed by atoms with Crippen molar-refractivity contribution in [2.24, 2.45) is 4.99 Å². The summed E-state index contributed by atoms with van der Waals surface area (Å²) in [5.41, 5.74) is 0. The third-order valence-corrected chi connectivity index (χ3v) is 2.32. The van der Waals surface area contributed by atoms with Crippen molar-refractivity contribution in [1.82, 2.24) is 15.5 Å². The quantitative estimate of drug-likeness (QED) is 0.499. The van der Waals surface area contributed by atoms with Gasteiger partial charge in [-0.05, 0) is 6.92 Å². The van der Waals surface area contributed by atoms with E-state index in [4.69, 9.17) is 0 Å². The molecule has 2 aliphatic heterocycles. The first kappa shape index (κ1) is 7.86. The molecule has 0 aromatic rings. The van der Waals surface area contributed by atoms with Gasteiger partial charge in [-0.3, -0.25) is 4.99 Å². The summed E-state index contributed by atoms with van der Waals surface area (Å²) in [4.78, 5) is 6.73. The van der Waals surface area contributed by atoms with Gasteiger partial charge in [0.2, 0.25) is 0 Å². The fourth-order valence-corrected chi connectivity index (χ4v) is 1.72. The molecule has 1 unspecified atom stereocenters. The van der Waals surface area contributed by atoms with Gasteiger partial charge in [0, 0.05) is 32.2 Å². The molecule has 0 aromatic carbocycles. The van der Waals surface area contributed by atoms with Crippen LogP contribution in [0.25, 0.3) is 0 Å². The van der Waals surface area contributed by atoms with Gasteiger partial charge in [-0.15, -0.1) is 0 Å². The maximum absolute atomic E-state index is 4.40. The van der Waals surface area contributed by atoms with Gasteiger partial charge < -0.3 is 15.5 Å². The monoisotopic (exact) mass is 168 g/mol. The second-order valence-electron chi connectivity index (χ2n) is 3.43. The zero-order valence-electron chi connectivity index (χ0n) is 7.51. The van der Waals surface area contributed by atoms with E-state index in [9.17, 15) is 0 Å². The fourth-order valence-electron chi connectivity index (χ4n) is 1.72. The average molecular weight is 168 g/mol. The van der Waals surface area contributed by atoms with Gasteiger partial charge in [0.25, 0.3) is 0 Å². The number of hydrogen-bond donors (Lipinski definition) is 2. The lowest BCUT2D eigenvalue weighted by molar-refractivity contribution is 0.298. The molecule has 2 aliphatic rings. The van der Waals surface area contributed by atoms with Crippen LogP contribution < -0.4 is 10.6 Å². The highest BCUT2D eigenvalue weighted by Crippen LogP contribution is 2.00. The van der Waals surface area contributed by atoms with Crippen LogP contribution in [0.15, 0.2) is 4.99 Å². The number of hydrogen-bond acceptors (Lipinski definition) is 4. The summed E-state index contributed by atoms with van der Waals surface area (Å²) in [6.45, 7) is 7.38. The first-order chi connectivity index (χ1) is 5.86. The number of nitrogens with zero attached hydrogens (tertiary/aromatic N) is 2. The molecule has 4 nitrogen and oxygen atoms in total. The first-order valence-electron chi connectivity index (χ1n) is 4.63. The zero-order valence-corrected chi connectivity index (χ0v) is 7.51. The largest absolute Gasteiger partial charge is 0.354 e. The molecular formula is C8H16N4. The lowest BCUT2D eigenvalue weighted by atomic mass is 10.2. The van der Waals surface area contributed by atoms with Crippen LogP contribution in [0, 0.1) is 0 Å². The van der Waals surface area contributed by atoms with Gasteiger partial charge in [0.15, 0.2) is 5.96 Å². The second kappa shape index (κ2) is 3.31. The minimum atomic E-state index is 0.587. The summed E-state index contributed by atoms with van der Waals surface area (Å²) in [7, 11) is 0. The Balaban J connectivity index is 1.94. The molecule has 1 saturated heterocycles. The van der Waals surface area contributed by atoms with E-state index in [1.54, 1.807) is 0 Å². The van der Waals surface area contributed by atoms with Crippen molar-refractivity contribution in [3.8, 4) is 0 Å². The molecule has 4 heteroatoms. The van der Waals surface area contributed by atoms with E-state index in [0.717, 1.165) is 38.7 Å². The van der Waals surface area contributed by atoms with Crippen molar-refractivity contribution < 1.29 is 0 Å². The maximum Gasteiger partial charge on any atom is 0.194 e. The van der Waals surface area contributed by atoms with Crippen LogP contribution in [-0.2, 0) is 0 Å². The molecule has 0 bridgehead atoms. The van der Waals surface area contributed by atoms with Crippen LogP contribution in [0.1, 0.15) is 6.92 Å². The van der Waals surface area contributed by atoms with Crippen LogP contribution in [0.3, 0.4) is 0 Å². The summed E-state index contributed by atoms with van der Waals surface area (Å²) >= 11 is 0. The SMILES string of the molecule is CC1CN(C2=NCCN2)CCN1. The predicted molar refractivity (Wildman–Crippen MR) is 49.3 cm³/mol. The Labute approximate surface area is 73.0 Å². The summed E-state index contributed by atoms with van der Waals surface area (Å²) in [5.74, 6) is 1.10. The Bertz CT molecular complexity index is 189. The molecule has 0 radical (unpaired) electrons. The van der Waals surface area contributed by atoms with Crippen molar-refractivity contribution in [3.05, 3.63) is 0 Å². The standard InChI is InChI=1S/C8H16N4/c1-7-6-12(5-4-9-7)8-10-2-3-11-8/h7,9H,2-6H2,1H3,(H,10,11). The highest BCUT2D eigenvalue weighted by Gasteiger charge is 2.19. The lowest BCUT2D eigenvalue weighted by Gasteiger charge is -2.33. The summed E-state index contributed by atoms with van der Waals surface area (Å²) in [6, 6.07) is 0.587. The van der Waals surface area contributed by atoms with Gasteiger partial charge in [-0.2, -0.15) is 0 Å². The molecule has 1 fully saturated rings. The molecule has 0 saturated carbocycles. The van der Waals surface area contributed by atoms with Gasteiger partial charge >= 0.3 is 0 Å². The minimum Gasteiger partial charge on any atom is -0.354 e. The number of piperazine rings is 1. The lowest BCUT2D eigenvalue weighted by Crippen LogP contribution is -2.53. The fraction of sp³-hybridized carbons (Fsp3) is 0.875. The molecule has 68 valence electrons. The molecule has 0 amide bonds. The molecule has 0 spiro atoms. The van der Waals surface area contributed by atoms with Crippen LogP contribution in [-0.4, -0.2) is 49.6 Å². The number of guanidine groups is 1. The van der Waals surface area contributed by atoms with E-state index in [-0.39, 0.29) is 0 Å². The number of rotatable bonds is 0. The summed E-state index contributed by atoms with van der Waals surface area (Å²) < 4.78 is 0. The second-order valence-corrected chi connectivity index (χ2v) is 3.43. The van der Waals surface area contributed by atoms with E-state index in [1.165, 1.54) is 0 Å². The Morgan fingerprint density at radius 2 is 2.42 bits per heavy atom. The smallest absolute Gasteiger partial charge is 0.194 e.